The molecule has 1 aliphatic rings. The molecule has 0 aromatic heterocycles. The number of benzene rings is 2. The molecule has 0 spiro atoms. The molecule has 2 aromatic carbocycles. The number of guanidine groups is 1. The van der Waals surface area contributed by atoms with E-state index in [0.717, 1.165) is 18.1 Å². The molecular formula is C24H33IN4O2. The van der Waals surface area contributed by atoms with E-state index in [1.165, 1.54) is 5.56 Å². The van der Waals surface area contributed by atoms with Gasteiger partial charge in [-0.25, -0.2) is 0 Å². The van der Waals surface area contributed by atoms with Crippen LogP contribution in [-0.4, -0.2) is 61.1 Å². The molecule has 0 aliphatic carbocycles. The van der Waals surface area contributed by atoms with Crippen molar-refractivity contribution in [3.05, 3.63) is 71.3 Å². The Kier molecular flexibility index (Phi) is 9.77. The summed E-state index contributed by atoms with van der Waals surface area (Å²) in [6.45, 7) is 6.71. The monoisotopic (exact) mass is 536 g/mol. The Balaban J connectivity index is 0.00000341. The lowest BCUT2D eigenvalue weighted by Gasteiger charge is -2.35. The van der Waals surface area contributed by atoms with Gasteiger partial charge in [-0.2, -0.15) is 0 Å². The number of hydrogen-bond acceptors (Lipinski definition) is 3. The van der Waals surface area contributed by atoms with Gasteiger partial charge in [-0.3, -0.25) is 9.79 Å². The standard InChI is InChI=1S/C24H32N4O2.HI/c1-18-15-28(16-19(2)30-18)23(29)22-12-10-20(11-13-22)14-26-24(25-3)27(4)17-21-8-6-5-7-9-21;/h5-13,18-19H,14-17H2,1-4H3,(H,25,26);1H. The first-order chi connectivity index (χ1) is 14.5. The second-order valence-electron chi connectivity index (χ2n) is 7.91. The Morgan fingerprint density at radius 3 is 2.26 bits per heavy atom. The first-order valence-electron chi connectivity index (χ1n) is 10.5. The van der Waals surface area contributed by atoms with Crippen molar-refractivity contribution < 1.29 is 9.53 Å². The van der Waals surface area contributed by atoms with E-state index < -0.39 is 0 Å². The number of carbonyl (C=O) groups is 1. The van der Waals surface area contributed by atoms with Gasteiger partial charge in [-0.1, -0.05) is 42.5 Å². The van der Waals surface area contributed by atoms with Gasteiger partial charge in [0.2, 0.25) is 0 Å². The minimum absolute atomic E-state index is 0. The average molecular weight is 536 g/mol. The van der Waals surface area contributed by atoms with Gasteiger partial charge in [-0.05, 0) is 37.1 Å². The third-order valence-electron chi connectivity index (χ3n) is 5.19. The van der Waals surface area contributed by atoms with Crippen LogP contribution >= 0.6 is 24.0 Å². The van der Waals surface area contributed by atoms with Gasteiger partial charge in [0.05, 0.1) is 12.2 Å². The molecule has 168 valence electrons. The summed E-state index contributed by atoms with van der Waals surface area (Å²) >= 11 is 0. The number of morpholine rings is 1. The Labute approximate surface area is 202 Å². The van der Waals surface area contributed by atoms with Crippen molar-refractivity contribution in [3.8, 4) is 0 Å². The molecule has 0 bridgehead atoms. The van der Waals surface area contributed by atoms with Crippen LogP contribution in [0.5, 0.6) is 0 Å². The molecule has 0 saturated carbocycles. The van der Waals surface area contributed by atoms with Crippen molar-refractivity contribution >= 4 is 35.8 Å². The van der Waals surface area contributed by atoms with E-state index in [1.54, 1.807) is 7.05 Å². The number of aliphatic imine (C=N–C) groups is 1. The molecule has 7 heteroatoms. The summed E-state index contributed by atoms with van der Waals surface area (Å²) in [5, 5.41) is 3.39. The van der Waals surface area contributed by atoms with Crippen molar-refractivity contribution in [1.82, 2.24) is 15.1 Å². The highest BCUT2D eigenvalue weighted by Crippen LogP contribution is 2.15. The number of hydrogen-bond donors (Lipinski definition) is 1. The molecule has 1 saturated heterocycles. The van der Waals surface area contributed by atoms with E-state index in [9.17, 15) is 4.79 Å². The fourth-order valence-electron chi connectivity index (χ4n) is 3.79. The third kappa shape index (κ3) is 7.21. The maximum absolute atomic E-state index is 12.8. The van der Waals surface area contributed by atoms with Crippen LogP contribution in [0.3, 0.4) is 0 Å². The second kappa shape index (κ2) is 12.0. The van der Waals surface area contributed by atoms with Crippen LogP contribution in [0.2, 0.25) is 0 Å². The molecule has 6 nitrogen and oxygen atoms in total. The number of amides is 1. The van der Waals surface area contributed by atoms with Gasteiger partial charge in [0.15, 0.2) is 5.96 Å². The Hall–Kier alpha value is -2.13. The maximum Gasteiger partial charge on any atom is 0.254 e. The van der Waals surface area contributed by atoms with Crippen LogP contribution in [0.25, 0.3) is 0 Å². The molecule has 1 amide bonds. The van der Waals surface area contributed by atoms with Crippen LogP contribution in [0.1, 0.15) is 35.3 Å². The lowest BCUT2D eigenvalue weighted by atomic mass is 10.1. The Morgan fingerprint density at radius 1 is 1.06 bits per heavy atom. The van der Waals surface area contributed by atoms with Crippen molar-refractivity contribution in [2.75, 3.05) is 27.2 Å². The summed E-state index contributed by atoms with van der Waals surface area (Å²) < 4.78 is 5.73. The predicted molar refractivity (Wildman–Crippen MR) is 136 cm³/mol. The molecular weight excluding hydrogens is 503 g/mol. The van der Waals surface area contributed by atoms with Crippen LogP contribution in [0, 0.1) is 0 Å². The van der Waals surface area contributed by atoms with E-state index in [0.29, 0.717) is 25.2 Å². The van der Waals surface area contributed by atoms with Crippen LogP contribution < -0.4 is 5.32 Å². The molecule has 1 heterocycles. The van der Waals surface area contributed by atoms with E-state index in [4.69, 9.17) is 4.74 Å². The number of halogens is 1. The van der Waals surface area contributed by atoms with Crippen molar-refractivity contribution in [2.24, 2.45) is 4.99 Å². The summed E-state index contributed by atoms with van der Waals surface area (Å²) in [6, 6.07) is 18.1. The fourth-order valence-corrected chi connectivity index (χ4v) is 3.79. The summed E-state index contributed by atoms with van der Waals surface area (Å²) in [6.07, 6.45) is 0.140. The summed E-state index contributed by atoms with van der Waals surface area (Å²) in [4.78, 5) is 21.2. The molecule has 1 fully saturated rings. The SMILES string of the molecule is CN=C(NCc1ccc(C(=O)N2CC(C)OC(C)C2)cc1)N(C)Cc1ccccc1.I. The van der Waals surface area contributed by atoms with Gasteiger partial charge in [0.25, 0.3) is 5.91 Å². The highest BCUT2D eigenvalue weighted by molar-refractivity contribution is 14.0. The summed E-state index contributed by atoms with van der Waals surface area (Å²) in [5.74, 6) is 0.894. The molecule has 1 N–H and O–H groups in total. The van der Waals surface area contributed by atoms with E-state index in [-0.39, 0.29) is 42.1 Å². The lowest BCUT2D eigenvalue weighted by molar-refractivity contribution is -0.0586. The zero-order valence-corrected chi connectivity index (χ0v) is 21.1. The van der Waals surface area contributed by atoms with Crippen molar-refractivity contribution in [3.63, 3.8) is 0 Å². The summed E-state index contributed by atoms with van der Waals surface area (Å²) in [7, 11) is 3.81. The van der Waals surface area contributed by atoms with Crippen LogP contribution in [0.4, 0.5) is 0 Å². The zero-order chi connectivity index (χ0) is 21.5. The first kappa shape index (κ1) is 25.1. The molecule has 2 unspecified atom stereocenters. The van der Waals surface area contributed by atoms with E-state index in [2.05, 4.69) is 27.3 Å². The van der Waals surface area contributed by atoms with Crippen LogP contribution in [0.15, 0.2) is 59.6 Å². The number of rotatable bonds is 5. The van der Waals surface area contributed by atoms with Gasteiger partial charge in [0, 0.05) is 45.8 Å². The Bertz CT molecular complexity index is 848. The highest BCUT2D eigenvalue weighted by atomic mass is 127. The minimum Gasteiger partial charge on any atom is -0.372 e. The maximum atomic E-state index is 12.8. The van der Waals surface area contributed by atoms with E-state index in [1.807, 2.05) is 68.3 Å². The van der Waals surface area contributed by atoms with E-state index >= 15 is 0 Å². The number of nitrogens with zero attached hydrogens (tertiary/aromatic N) is 3. The third-order valence-corrected chi connectivity index (χ3v) is 5.19. The first-order valence-corrected chi connectivity index (χ1v) is 10.5. The predicted octanol–water partition coefficient (Wildman–Crippen LogP) is 3.76. The molecule has 3 rings (SSSR count). The van der Waals surface area contributed by atoms with Gasteiger partial charge < -0.3 is 19.9 Å². The van der Waals surface area contributed by atoms with Crippen LogP contribution in [-0.2, 0) is 17.8 Å². The zero-order valence-electron chi connectivity index (χ0n) is 18.7. The van der Waals surface area contributed by atoms with Gasteiger partial charge >= 0.3 is 0 Å². The number of ether oxygens (including phenoxy) is 1. The number of nitrogens with one attached hydrogen (secondary N) is 1. The molecule has 1 aliphatic heterocycles. The normalized spacial score (nSPS) is 18.8. The van der Waals surface area contributed by atoms with Gasteiger partial charge in [0.1, 0.15) is 0 Å². The highest BCUT2D eigenvalue weighted by Gasteiger charge is 2.26. The molecule has 31 heavy (non-hydrogen) atoms. The smallest absolute Gasteiger partial charge is 0.254 e. The van der Waals surface area contributed by atoms with Crippen molar-refractivity contribution in [2.45, 2.75) is 39.1 Å². The van der Waals surface area contributed by atoms with Gasteiger partial charge in [-0.15, -0.1) is 24.0 Å². The molecule has 2 atom stereocenters. The lowest BCUT2D eigenvalue weighted by Crippen LogP contribution is -2.48. The largest absolute Gasteiger partial charge is 0.372 e. The fraction of sp³-hybridized carbons (Fsp3) is 0.417. The average Bonchev–Trinajstić information content (AvgIpc) is 2.74. The quantitative estimate of drug-likeness (QED) is 0.359. The molecule has 2 aromatic rings. The summed E-state index contributed by atoms with van der Waals surface area (Å²) in [5.41, 5.74) is 3.05. The Morgan fingerprint density at radius 2 is 1.68 bits per heavy atom. The minimum atomic E-state index is 0. The second-order valence-corrected chi connectivity index (χ2v) is 7.91. The van der Waals surface area contributed by atoms with Crippen molar-refractivity contribution in [1.29, 1.82) is 0 Å². The topological polar surface area (TPSA) is 57.2 Å². The number of carbonyl (C=O) groups excluding carboxylic acids is 1. The molecule has 0 radical (unpaired) electrons.